The van der Waals surface area contributed by atoms with Crippen molar-refractivity contribution in [3.05, 3.63) is 36.4 Å². The Labute approximate surface area is 118 Å². The number of hydrogen-bond donors (Lipinski definition) is 2. The van der Waals surface area contributed by atoms with Crippen molar-refractivity contribution in [2.24, 2.45) is 0 Å². The summed E-state index contributed by atoms with van der Waals surface area (Å²) >= 11 is 0. The minimum atomic E-state index is 0.560. The molecule has 0 radical (unpaired) electrons. The van der Waals surface area contributed by atoms with E-state index in [0.717, 1.165) is 11.4 Å². The summed E-state index contributed by atoms with van der Waals surface area (Å²) in [6.45, 7) is 0. The van der Waals surface area contributed by atoms with Gasteiger partial charge in [0.1, 0.15) is 5.75 Å². The number of methoxy groups -OCH3 is 3. The molecule has 0 saturated heterocycles. The molecule has 2 aromatic carbocycles. The molecule has 0 unspecified atom stereocenters. The summed E-state index contributed by atoms with van der Waals surface area (Å²) in [6, 6.07) is 11.1. The maximum absolute atomic E-state index is 6.02. The number of nitrogens with one attached hydrogen (secondary N) is 1. The van der Waals surface area contributed by atoms with Crippen molar-refractivity contribution >= 4 is 17.1 Å². The van der Waals surface area contributed by atoms with Gasteiger partial charge in [-0.05, 0) is 24.3 Å². The fourth-order valence-corrected chi connectivity index (χ4v) is 1.90. The Morgan fingerprint density at radius 2 is 1.55 bits per heavy atom. The highest BCUT2D eigenvalue weighted by Crippen LogP contribution is 2.34. The average molecular weight is 274 g/mol. The fraction of sp³-hybridized carbons (Fsp3) is 0.200. The number of anilines is 3. The van der Waals surface area contributed by atoms with Crippen LogP contribution in [0.15, 0.2) is 36.4 Å². The molecule has 0 fully saturated rings. The molecule has 0 atom stereocenters. The maximum Gasteiger partial charge on any atom is 0.162 e. The van der Waals surface area contributed by atoms with Crippen LogP contribution in [0.1, 0.15) is 0 Å². The monoisotopic (exact) mass is 274 g/mol. The first-order valence-electron chi connectivity index (χ1n) is 6.11. The van der Waals surface area contributed by atoms with E-state index in [0.29, 0.717) is 22.9 Å². The molecular formula is C15H18N2O3. The molecule has 106 valence electrons. The van der Waals surface area contributed by atoms with E-state index >= 15 is 0 Å². The molecule has 0 spiro atoms. The van der Waals surface area contributed by atoms with E-state index in [-0.39, 0.29) is 0 Å². The number of nitrogens with two attached hydrogens (primary N) is 1. The highest BCUT2D eigenvalue weighted by Gasteiger charge is 2.08. The third-order valence-electron chi connectivity index (χ3n) is 2.95. The Kier molecular flexibility index (Phi) is 4.20. The first-order valence-corrected chi connectivity index (χ1v) is 6.11. The second-order valence-electron chi connectivity index (χ2n) is 4.12. The van der Waals surface area contributed by atoms with Crippen LogP contribution in [0.3, 0.4) is 0 Å². The number of para-hydroxylation sites is 1. The van der Waals surface area contributed by atoms with Crippen LogP contribution in [-0.4, -0.2) is 21.3 Å². The lowest BCUT2D eigenvalue weighted by molar-refractivity contribution is 0.355. The van der Waals surface area contributed by atoms with Gasteiger partial charge in [0.25, 0.3) is 0 Å². The smallest absolute Gasteiger partial charge is 0.162 e. The minimum Gasteiger partial charge on any atom is -0.495 e. The van der Waals surface area contributed by atoms with Crippen molar-refractivity contribution in [3.63, 3.8) is 0 Å². The van der Waals surface area contributed by atoms with Gasteiger partial charge in [0.15, 0.2) is 11.5 Å². The van der Waals surface area contributed by atoms with E-state index in [1.807, 2.05) is 36.4 Å². The lowest BCUT2D eigenvalue weighted by Gasteiger charge is -2.14. The van der Waals surface area contributed by atoms with Crippen molar-refractivity contribution in [2.75, 3.05) is 32.4 Å². The largest absolute Gasteiger partial charge is 0.495 e. The van der Waals surface area contributed by atoms with Crippen LogP contribution in [0.25, 0.3) is 0 Å². The van der Waals surface area contributed by atoms with Gasteiger partial charge >= 0.3 is 0 Å². The van der Waals surface area contributed by atoms with E-state index in [4.69, 9.17) is 19.9 Å². The van der Waals surface area contributed by atoms with Crippen LogP contribution in [0.2, 0.25) is 0 Å². The van der Waals surface area contributed by atoms with Crippen molar-refractivity contribution < 1.29 is 14.2 Å². The zero-order valence-electron chi connectivity index (χ0n) is 11.8. The summed E-state index contributed by atoms with van der Waals surface area (Å²) in [5.41, 5.74) is 8.21. The lowest BCUT2D eigenvalue weighted by Crippen LogP contribution is -1.99. The molecule has 0 heterocycles. The SMILES string of the molecule is COc1ccc(Nc2cccc(OC)c2N)cc1OC. The minimum absolute atomic E-state index is 0.560. The van der Waals surface area contributed by atoms with E-state index in [2.05, 4.69) is 5.32 Å². The van der Waals surface area contributed by atoms with Gasteiger partial charge in [-0.3, -0.25) is 0 Å². The third-order valence-corrected chi connectivity index (χ3v) is 2.95. The highest BCUT2D eigenvalue weighted by molar-refractivity contribution is 5.78. The van der Waals surface area contributed by atoms with Gasteiger partial charge in [-0.1, -0.05) is 6.07 Å². The first-order chi connectivity index (χ1) is 9.69. The molecule has 20 heavy (non-hydrogen) atoms. The second kappa shape index (κ2) is 6.06. The predicted molar refractivity (Wildman–Crippen MR) is 80.2 cm³/mol. The third kappa shape index (κ3) is 2.71. The molecule has 0 amide bonds. The molecule has 0 aliphatic heterocycles. The summed E-state index contributed by atoms with van der Waals surface area (Å²) in [4.78, 5) is 0. The summed E-state index contributed by atoms with van der Waals surface area (Å²) < 4.78 is 15.7. The van der Waals surface area contributed by atoms with Crippen molar-refractivity contribution in [3.8, 4) is 17.2 Å². The molecule has 0 aliphatic carbocycles. The Bertz CT molecular complexity index is 600. The van der Waals surface area contributed by atoms with Crippen LogP contribution in [0.4, 0.5) is 17.1 Å². The number of rotatable bonds is 5. The molecule has 0 bridgehead atoms. The number of hydrogen-bond acceptors (Lipinski definition) is 5. The number of ether oxygens (including phenoxy) is 3. The van der Waals surface area contributed by atoms with Gasteiger partial charge in [0.2, 0.25) is 0 Å². The van der Waals surface area contributed by atoms with Gasteiger partial charge in [0, 0.05) is 11.8 Å². The van der Waals surface area contributed by atoms with Crippen LogP contribution in [0, 0.1) is 0 Å². The van der Waals surface area contributed by atoms with Gasteiger partial charge in [-0.2, -0.15) is 0 Å². The molecular weight excluding hydrogens is 256 g/mol. The number of benzene rings is 2. The first kappa shape index (κ1) is 13.9. The van der Waals surface area contributed by atoms with Gasteiger partial charge in [-0.25, -0.2) is 0 Å². The van der Waals surface area contributed by atoms with Gasteiger partial charge in [-0.15, -0.1) is 0 Å². The van der Waals surface area contributed by atoms with E-state index in [1.165, 1.54) is 0 Å². The topological polar surface area (TPSA) is 65.7 Å². The second-order valence-corrected chi connectivity index (χ2v) is 4.12. The Balaban J connectivity index is 2.30. The van der Waals surface area contributed by atoms with Crippen molar-refractivity contribution in [2.45, 2.75) is 0 Å². The molecule has 5 heteroatoms. The standard InChI is InChI=1S/C15H18N2O3/c1-18-12-8-7-10(9-14(12)20-3)17-11-5-4-6-13(19-2)15(11)16/h4-9,17H,16H2,1-3H3. The summed E-state index contributed by atoms with van der Waals surface area (Å²) in [5, 5.41) is 3.23. The zero-order chi connectivity index (χ0) is 14.5. The van der Waals surface area contributed by atoms with Crippen molar-refractivity contribution in [1.82, 2.24) is 0 Å². The van der Waals surface area contributed by atoms with E-state index in [1.54, 1.807) is 21.3 Å². The zero-order valence-corrected chi connectivity index (χ0v) is 11.8. The lowest BCUT2D eigenvalue weighted by atomic mass is 10.2. The molecule has 2 aromatic rings. The summed E-state index contributed by atoms with van der Waals surface area (Å²) in [7, 11) is 4.79. The average Bonchev–Trinajstić information content (AvgIpc) is 2.49. The van der Waals surface area contributed by atoms with Crippen LogP contribution < -0.4 is 25.3 Å². The van der Waals surface area contributed by atoms with Crippen LogP contribution in [-0.2, 0) is 0 Å². The van der Waals surface area contributed by atoms with E-state index in [9.17, 15) is 0 Å². The maximum atomic E-state index is 6.02. The molecule has 0 aromatic heterocycles. The number of nitrogen functional groups attached to an aromatic ring is 1. The molecule has 3 N–H and O–H groups in total. The van der Waals surface area contributed by atoms with E-state index < -0.39 is 0 Å². The predicted octanol–water partition coefficient (Wildman–Crippen LogP) is 3.04. The molecule has 0 saturated carbocycles. The molecule has 0 aliphatic rings. The van der Waals surface area contributed by atoms with Crippen LogP contribution in [0.5, 0.6) is 17.2 Å². The molecule has 2 rings (SSSR count). The summed E-state index contributed by atoms with van der Waals surface area (Å²) in [5.74, 6) is 1.96. The highest BCUT2D eigenvalue weighted by atomic mass is 16.5. The Morgan fingerprint density at radius 1 is 0.850 bits per heavy atom. The summed E-state index contributed by atoms with van der Waals surface area (Å²) in [6.07, 6.45) is 0. The van der Waals surface area contributed by atoms with Crippen LogP contribution >= 0.6 is 0 Å². The fourth-order valence-electron chi connectivity index (χ4n) is 1.90. The van der Waals surface area contributed by atoms with Gasteiger partial charge < -0.3 is 25.3 Å². The normalized spacial score (nSPS) is 9.95. The Hall–Kier alpha value is -2.56. The molecule has 5 nitrogen and oxygen atoms in total. The quantitative estimate of drug-likeness (QED) is 0.820. The van der Waals surface area contributed by atoms with Gasteiger partial charge in [0.05, 0.1) is 32.7 Å². The van der Waals surface area contributed by atoms with Crippen molar-refractivity contribution in [1.29, 1.82) is 0 Å². The Morgan fingerprint density at radius 3 is 2.20 bits per heavy atom.